The summed E-state index contributed by atoms with van der Waals surface area (Å²) in [4.78, 5) is 11.9. The van der Waals surface area contributed by atoms with E-state index >= 15 is 0 Å². The molecule has 3 rings (SSSR count). The second-order valence-corrected chi connectivity index (χ2v) is 5.83. The molecular formula is C16H13NO2S. The Labute approximate surface area is 120 Å². The first-order valence-corrected chi connectivity index (χ1v) is 7.66. The van der Waals surface area contributed by atoms with E-state index in [1.807, 2.05) is 54.6 Å². The van der Waals surface area contributed by atoms with Crippen molar-refractivity contribution < 1.29 is 9.35 Å². The summed E-state index contributed by atoms with van der Waals surface area (Å²) in [6.45, 7) is 0. The molecule has 1 unspecified atom stereocenters. The number of carbonyl (C=O) groups is 1. The number of carbonyl (C=O) groups excluding carboxylic acids is 1. The fraction of sp³-hybridized carbons (Fsp3) is 0.0625. The van der Waals surface area contributed by atoms with Gasteiger partial charge < -0.3 is 9.87 Å². The molecule has 1 N–H and O–H groups in total. The van der Waals surface area contributed by atoms with Crippen molar-refractivity contribution in [2.24, 2.45) is 0 Å². The van der Waals surface area contributed by atoms with Gasteiger partial charge in [-0.1, -0.05) is 48.5 Å². The van der Waals surface area contributed by atoms with Crippen LogP contribution in [0.2, 0.25) is 0 Å². The molecule has 0 aliphatic carbocycles. The summed E-state index contributed by atoms with van der Waals surface area (Å²) < 4.78 is 12.2. The van der Waals surface area contributed by atoms with Gasteiger partial charge in [-0.3, -0.25) is 4.79 Å². The SMILES string of the molecule is O=C1Nc2ccccc2C1=C[S+]([O-])Cc1ccccc1. The first-order chi connectivity index (χ1) is 9.74. The number of fused-ring (bicyclic) bond motifs is 1. The minimum Gasteiger partial charge on any atom is -0.612 e. The molecule has 0 spiro atoms. The van der Waals surface area contributed by atoms with Gasteiger partial charge in [0.2, 0.25) is 0 Å². The number of nitrogens with one attached hydrogen (secondary N) is 1. The molecule has 1 aliphatic heterocycles. The highest BCUT2D eigenvalue weighted by atomic mass is 32.2. The van der Waals surface area contributed by atoms with Gasteiger partial charge in [0, 0.05) is 16.8 Å². The van der Waals surface area contributed by atoms with Gasteiger partial charge in [0.25, 0.3) is 5.91 Å². The molecule has 0 bridgehead atoms. The van der Waals surface area contributed by atoms with Crippen molar-refractivity contribution in [2.75, 3.05) is 5.32 Å². The lowest BCUT2D eigenvalue weighted by Gasteiger charge is -2.06. The molecule has 20 heavy (non-hydrogen) atoms. The van der Waals surface area contributed by atoms with Crippen LogP contribution in [0.1, 0.15) is 11.1 Å². The monoisotopic (exact) mass is 283 g/mol. The minimum absolute atomic E-state index is 0.187. The standard InChI is InChI=1S/C16H13NO2S/c18-16-14(13-8-4-5-9-15(13)17-16)11-20(19)10-12-6-2-1-3-7-12/h1-9,11H,10H2,(H,17,18). The van der Waals surface area contributed by atoms with Crippen LogP contribution in [0.3, 0.4) is 0 Å². The topological polar surface area (TPSA) is 52.2 Å². The summed E-state index contributed by atoms with van der Waals surface area (Å²) in [5.74, 6) is 0.229. The van der Waals surface area contributed by atoms with Crippen LogP contribution < -0.4 is 5.32 Å². The highest BCUT2D eigenvalue weighted by Gasteiger charge is 2.26. The molecule has 2 aromatic rings. The van der Waals surface area contributed by atoms with E-state index in [2.05, 4.69) is 5.32 Å². The summed E-state index contributed by atoms with van der Waals surface area (Å²) in [6, 6.07) is 17.0. The van der Waals surface area contributed by atoms with Gasteiger partial charge in [-0.05, 0) is 17.2 Å². The first-order valence-electron chi connectivity index (χ1n) is 6.28. The van der Waals surface area contributed by atoms with Crippen molar-refractivity contribution in [2.45, 2.75) is 5.75 Å². The predicted octanol–water partition coefficient (Wildman–Crippen LogP) is 2.93. The van der Waals surface area contributed by atoms with E-state index in [1.54, 1.807) is 5.41 Å². The fourth-order valence-electron chi connectivity index (χ4n) is 2.17. The second kappa shape index (κ2) is 5.53. The van der Waals surface area contributed by atoms with Gasteiger partial charge in [0.1, 0.15) is 11.2 Å². The quantitative estimate of drug-likeness (QED) is 0.695. The van der Waals surface area contributed by atoms with E-state index in [9.17, 15) is 9.35 Å². The van der Waals surface area contributed by atoms with Crippen LogP contribution in [-0.4, -0.2) is 10.5 Å². The third-order valence-corrected chi connectivity index (χ3v) is 4.23. The number of anilines is 1. The Morgan fingerprint density at radius 2 is 1.75 bits per heavy atom. The molecule has 100 valence electrons. The van der Waals surface area contributed by atoms with Gasteiger partial charge in [-0.25, -0.2) is 0 Å². The number of amides is 1. The highest BCUT2D eigenvalue weighted by molar-refractivity contribution is 7.93. The Bertz CT molecular complexity index is 667. The molecule has 4 heteroatoms. The number of hydrogen-bond donors (Lipinski definition) is 1. The van der Waals surface area contributed by atoms with Crippen LogP contribution in [0.4, 0.5) is 5.69 Å². The van der Waals surface area contributed by atoms with Crippen LogP contribution >= 0.6 is 0 Å². The summed E-state index contributed by atoms with van der Waals surface area (Å²) >= 11 is -1.21. The third-order valence-electron chi connectivity index (χ3n) is 3.11. The average Bonchev–Trinajstić information content (AvgIpc) is 2.76. The van der Waals surface area contributed by atoms with Crippen molar-refractivity contribution in [3.63, 3.8) is 0 Å². The number of rotatable bonds is 3. The van der Waals surface area contributed by atoms with E-state index in [0.29, 0.717) is 11.3 Å². The molecule has 0 aromatic heterocycles. The van der Waals surface area contributed by atoms with Crippen molar-refractivity contribution >= 4 is 28.3 Å². The van der Waals surface area contributed by atoms with Crippen LogP contribution in [0.5, 0.6) is 0 Å². The van der Waals surface area contributed by atoms with E-state index in [-0.39, 0.29) is 5.91 Å². The second-order valence-electron chi connectivity index (χ2n) is 4.54. The van der Waals surface area contributed by atoms with Gasteiger partial charge in [0.15, 0.2) is 0 Å². The molecular weight excluding hydrogens is 270 g/mol. The van der Waals surface area contributed by atoms with Gasteiger partial charge in [0.05, 0.1) is 5.57 Å². The van der Waals surface area contributed by atoms with E-state index in [0.717, 1.165) is 16.8 Å². The molecule has 0 saturated heterocycles. The zero-order valence-electron chi connectivity index (χ0n) is 10.7. The number of hydrogen-bond acceptors (Lipinski definition) is 2. The Balaban J connectivity index is 1.83. The Morgan fingerprint density at radius 1 is 1.05 bits per heavy atom. The number of benzene rings is 2. The van der Waals surface area contributed by atoms with Crippen molar-refractivity contribution in [3.05, 3.63) is 71.1 Å². The molecule has 0 radical (unpaired) electrons. The third kappa shape index (κ3) is 2.61. The molecule has 1 amide bonds. The van der Waals surface area contributed by atoms with Gasteiger partial charge >= 0.3 is 0 Å². The van der Waals surface area contributed by atoms with Gasteiger partial charge in [-0.2, -0.15) is 0 Å². The zero-order valence-corrected chi connectivity index (χ0v) is 11.5. The lowest BCUT2D eigenvalue weighted by molar-refractivity contribution is -0.110. The molecule has 1 heterocycles. The van der Waals surface area contributed by atoms with Crippen molar-refractivity contribution in [1.29, 1.82) is 0 Å². The van der Waals surface area contributed by atoms with Gasteiger partial charge in [-0.15, -0.1) is 0 Å². The largest absolute Gasteiger partial charge is 0.612 e. The normalized spacial score (nSPS) is 16.9. The maximum Gasteiger partial charge on any atom is 0.260 e. The summed E-state index contributed by atoms with van der Waals surface area (Å²) in [6.07, 6.45) is 0. The van der Waals surface area contributed by atoms with Crippen molar-refractivity contribution in [1.82, 2.24) is 0 Å². The summed E-state index contributed by atoms with van der Waals surface area (Å²) in [7, 11) is 0. The van der Waals surface area contributed by atoms with E-state index in [4.69, 9.17) is 0 Å². The lowest BCUT2D eigenvalue weighted by Crippen LogP contribution is -2.07. The first kappa shape index (κ1) is 13.0. The summed E-state index contributed by atoms with van der Waals surface area (Å²) in [5, 5.41) is 4.32. The molecule has 1 atom stereocenters. The van der Waals surface area contributed by atoms with Crippen LogP contribution in [0.15, 0.2) is 60.0 Å². The fourth-order valence-corrected chi connectivity index (χ4v) is 3.27. The molecule has 0 fully saturated rings. The highest BCUT2D eigenvalue weighted by Crippen LogP contribution is 2.32. The van der Waals surface area contributed by atoms with Crippen LogP contribution in [-0.2, 0) is 21.7 Å². The molecule has 3 nitrogen and oxygen atoms in total. The maximum atomic E-state index is 12.2. The lowest BCUT2D eigenvalue weighted by atomic mass is 10.1. The molecule has 2 aromatic carbocycles. The van der Waals surface area contributed by atoms with E-state index in [1.165, 1.54) is 0 Å². The van der Waals surface area contributed by atoms with Crippen molar-refractivity contribution in [3.8, 4) is 0 Å². The Hall–Kier alpha value is -2.04. The Morgan fingerprint density at radius 3 is 2.55 bits per heavy atom. The minimum atomic E-state index is -1.21. The average molecular weight is 283 g/mol. The van der Waals surface area contributed by atoms with E-state index < -0.39 is 11.2 Å². The molecule has 0 saturated carbocycles. The van der Waals surface area contributed by atoms with Crippen LogP contribution in [0.25, 0.3) is 5.57 Å². The zero-order chi connectivity index (χ0) is 13.9. The predicted molar refractivity (Wildman–Crippen MR) is 81.3 cm³/mol. The number of para-hydroxylation sites is 1. The maximum absolute atomic E-state index is 12.2. The summed E-state index contributed by atoms with van der Waals surface area (Å²) in [5.41, 5.74) is 3.09. The van der Waals surface area contributed by atoms with Crippen LogP contribution in [0, 0.1) is 0 Å². The Kier molecular flexibility index (Phi) is 3.58. The molecule has 1 aliphatic rings. The smallest absolute Gasteiger partial charge is 0.260 e.